The van der Waals surface area contributed by atoms with Gasteiger partial charge < -0.3 is 10.1 Å². The Morgan fingerprint density at radius 3 is 2.67 bits per heavy atom. The normalized spacial score (nSPS) is 11.0. The lowest BCUT2D eigenvalue weighted by molar-refractivity contribution is -0.120. The Bertz CT molecular complexity index is 1140. The van der Waals surface area contributed by atoms with Crippen molar-refractivity contribution in [2.45, 2.75) is 19.8 Å². The molecule has 0 aliphatic carbocycles. The molecule has 1 amide bonds. The summed E-state index contributed by atoms with van der Waals surface area (Å²) in [6.07, 6.45) is 0.963. The Morgan fingerprint density at radius 1 is 1.17 bits per heavy atom. The summed E-state index contributed by atoms with van der Waals surface area (Å²) in [4.78, 5) is 17.5. The minimum atomic E-state index is -0.290. The van der Waals surface area contributed by atoms with Crippen LogP contribution in [0.1, 0.15) is 18.2 Å². The van der Waals surface area contributed by atoms with Crippen LogP contribution in [-0.4, -0.2) is 33.7 Å². The standard InChI is InChI=1S/C22H21FN4O2S/c1-2-29-19-9-3-15(4-10-19)13-20(28)24-12-11-18-14-30-22-25-21(26-27(18)22)16-5-7-17(23)8-6-16/h3-10,14H,2,11-13H2,1H3,(H,24,28). The average molecular weight is 425 g/mol. The van der Waals surface area contributed by atoms with Crippen LogP contribution in [0.4, 0.5) is 4.39 Å². The minimum Gasteiger partial charge on any atom is -0.494 e. The number of carbonyl (C=O) groups excluding carboxylic acids is 1. The van der Waals surface area contributed by atoms with E-state index in [2.05, 4.69) is 15.4 Å². The van der Waals surface area contributed by atoms with Gasteiger partial charge in [0.1, 0.15) is 11.6 Å². The number of aromatic nitrogens is 3. The van der Waals surface area contributed by atoms with Crippen LogP contribution >= 0.6 is 11.3 Å². The van der Waals surface area contributed by atoms with Gasteiger partial charge in [0.25, 0.3) is 0 Å². The van der Waals surface area contributed by atoms with E-state index in [0.29, 0.717) is 31.8 Å². The van der Waals surface area contributed by atoms with Gasteiger partial charge in [0.2, 0.25) is 10.9 Å². The van der Waals surface area contributed by atoms with E-state index in [4.69, 9.17) is 4.74 Å². The number of halogens is 1. The SMILES string of the molecule is CCOc1ccc(CC(=O)NCCc2csc3nc(-c4ccc(F)cc4)nn23)cc1. The topological polar surface area (TPSA) is 68.5 Å². The molecule has 2 heterocycles. The Morgan fingerprint density at radius 2 is 1.93 bits per heavy atom. The zero-order valence-corrected chi connectivity index (χ0v) is 17.3. The second-order valence-corrected chi connectivity index (χ2v) is 7.55. The molecule has 30 heavy (non-hydrogen) atoms. The average Bonchev–Trinajstić information content (AvgIpc) is 3.32. The number of benzene rings is 2. The molecule has 0 aliphatic rings. The molecule has 0 saturated heterocycles. The van der Waals surface area contributed by atoms with E-state index in [1.165, 1.54) is 23.5 Å². The van der Waals surface area contributed by atoms with E-state index >= 15 is 0 Å². The van der Waals surface area contributed by atoms with Gasteiger partial charge >= 0.3 is 0 Å². The lowest BCUT2D eigenvalue weighted by atomic mass is 10.1. The number of ether oxygens (including phenoxy) is 1. The quantitative estimate of drug-likeness (QED) is 0.466. The third-order valence-electron chi connectivity index (χ3n) is 4.55. The summed E-state index contributed by atoms with van der Waals surface area (Å²) < 4.78 is 20.3. The molecular formula is C22H21FN4O2S. The predicted octanol–water partition coefficient (Wildman–Crippen LogP) is 3.90. The van der Waals surface area contributed by atoms with Crippen molar-refractivity contribution in [2.75, 3.05) is 13.2 Å². The van der Waals surface area contributed by atoms with Gasteiger partial charge in [0, 0.05) is 23.9 Å². The molecule has 0 bridgehead atoms. The third kappa shape index (κ3) is 4.65. The number of nitrogens with zero attached hydrogens (tertiary/aromatic N) is 3. The molecule has 0 radical (unpaired) electrons. The number of thiazole rings is 1. The molecule has 1 N–H and O–H groups in total. The first-order chi connectivity index (χ1) is 14.6. The molecule has 2 aromatic heterocycles. The van der Waals surface area contributed by atoms with E-state index in [1.54, 1.807) is 16.6 Å². The maximum Gasteiger partial charge on any atom is 0.224 e. The van der Waals surface area contributed by atoms with Crippen molar-refractivity contribution in [2.24, 2.45) is 0 Å². The van der Waals surface area contributed by atoms with Gasteiger partial charge in [-0.3, -0.25) is 4.79 Å². The molecule has 0 spiro atoms. The summed E-state index contributed by atoms with van der Waals surface area (Å²) in [5, 5.41) is 9.47. The Hall–Kier alpha value is -3.26. The monoisotopic (exact) mass is 424 g/mol. The second kappa shape index (κ2) is 9.04. The molecular weight excluding hydrogens is 403 g/mol. The summed E-state index contributed by atoms with van der Waals surface area (Å²) >= 11 is 1.49. The van der Waals surface area contributed by atoms with Crippen LogP contribution < -0.4 is 10.1 Å². The van der Waals surface area contributed by atoms with Crippen molar-refractivity contribution in [3.05, 3.63) is 71.0 Å². The van der Waals surface area contributed by atoms with Gasteiger partial charge in [-0.1, -0.05) is 12.1 Å². The second-order valence-electron chi connectivity index (χ2n) is 6.72. The molecule has 0 unspecified atom stereocenters. The number of nitrogens with one attached hydrogen (secondary N) is 1. The highest BCUT2D eigenvalue weighted by atomic mass is 32.1. The fourth-order valence-electron chi connectivity index (χ4n) is 3.07. The van der Waals surface area contributed by atoms with E-state index in [9.17, 15) is 9.18 Å². The van der Waals surface area contributed by atoms with E-state index in [1.807, 2.05) is 36.6 Å². The van der Waals surface area contributed by atoms with Crippen molar-refractivity contribution in [3.8, 4) is 17.1 Å². The van der Waals surface area contributed by atoms with Gasteiger partial charge in [0.05, 0.1) is 18.7 Å². The highest BCUT2D eigenvalue weighted by molar-refractivity contribution is 7.15. The molecule has 154 valence electrons. The molecule has 4 rings (SSSR count). The van der Waals surface area contributed by atoms with Gasteiger partial charge in [-0.25, -0.2) is 8.91 Å². The number of rotatable bonds is 8. The van der Waals surface area contributed by atoms with Crippen molar-refractivity contribution in [1.82, 2.24) is 19.9 Å². The molecule has 8 heteroatoms. The predicted molar refractivity (Wildman–Crippen MR) is 114 cm³/mol. The smallest absolute Gasteiger partial charge is 0.224 e. The van der Waals surface area contributed by atoms with Crippen LogP contribution in [0, 0.1) is 5.82 Å². The molecule has 2 aromatic carbocycles. The van der Waals surface area contributed by atoms with Crippen LogP contribution in [0.15, 0.2) is 53.9 Å². The highest BCUT2D eigenvalue weighted by Gasteiger charge is 2.12. The van der Waals surface area contributed by atoms with Gasteiger partial charge in [-0.05, 0) is 48.9 Å². The number of hydrogen-bond donors (Lipinski definition) is 1. The Balaban J connectivity index is 1.33. The highest BCUT2D eigenvalue weighted by Crippen LogP contribution is 2.21. The lowest BCUT2D eigenvalue weighted by Gasteiger charge is -2.06. The molecule has 0 atom stereocenters. The fourth-order valence-corrected chi connectivity index (χ4v) is 3.92. The van der Waals surface area contributed by atoms with E-state index in [-0.39, 0.29) is 11.7 Å². The number of amides is 1. The van der Waals surface area contributed by atoms with Crippen LogP contribution in [0.5, 0.6) is 5.75 Å². The van der Waals surface area contributed by atoms with Gasteiger partial charge in [-0.15, -0.1) is 16.4 Å². The van der Waals surface area contributed by atoms with Crippen LogP contribution in [-0.2, 0) is 17.6 Å². The molecule has 0 aliphatic heterocycles. The summed E-state index contributed by atoms with van der Waals surface area (Å²) in [5.41, 5.74) is 2.67. The summed E-state index contributed by atoms with van der Waals surface area (Å²) in [5.74, 6) is 1.04. The third-order valence-corrected chi connectivity index (χ3v) is 5.42. The first-order valence-corrected chi connectivity index (χ1v) is 10.6. The van der Waals surface area contributed by atoms with Crippen LogP contribution in [0.3, 0.4) is 0 Å². The largest absolute Gasteiger partial charge is 0.494 e. The zero-order valence-electron chi connectivity index (χ0n) is 16.5. The van der Waals surface area contributed by atoms with Crippen LogP contribution in [0.2, 0.25) is 0 Å². The molecule has 0 saturated carbocycles. The van der Waals surface area contributed by atoms with Crippen LogP contribution in [0.25, 0.3) is 16.3 Å². The van der Waals surface area contributed by atoms with Crippen molar-refractivity contribution in [1.29, 1.82) is 0 Å². The molecule has 6 nitrogen and oxygen atoms in total. The number of carbonyl (C=O) groups is 1. The first-order valence-electron chi connectivity index (χ1n) is 9.70. The first kappa shape index (κ1) is 20.0. The molecule has 4 aromatic rings. The van der Waals surface area contributed by atoms with E-state index in [0.717, 1.165) is 27.5 Å². The van der Waals surface area contributed by atoms with Crippen molar-refractivity contribution < 1.29 is 13.9 Å². The lowest BCUT2D eigenvalue weighted by Crippen LogP contribution is -2.27. The minimum absolute atomic E-state index is 0.0313. The van der Waals surface area contributed by atoms with Gasteiger partial charge in [0.15, 0.2) is 5.82 Å². The molecule has 0 fully saturated rings. The van der Waals surface area contributed by atoms with E-state index < -0.39 is 0 Å². The maximum atomic E-state index is 13.1. The number of fused-ring (bicyclic) bond motifs is 1. The fraction of sp³-hybridized carbons (Fsp3) is 0.227. The summed E-state index contributed by atoms with van der Waals surface area (Å²) in [7, 11) is 0. The summed E-state index contributed by atoms with van der Waals surface area (Å²) in [6.45, 7) is 3.06. The Labute approximate surface area is 177 Å². The van der Waals surface area contributed by atoms with Crippen molar-refractivity contribution >= 4 is 22.2 Å². The van der Waals surface area contributed by atoms with Gasteiger partial charge in [-0.2, -0.15) is 4.98 Å². The zero-order chi connectivity index (χ0) is 20.9. The summed E-state index contributed by atoms with van der Waals surface area (Å²) in [6, 6.07) is 13.7. The maximum absolute atomic E-state index is 13.1. The Kier molecular flexibility index (Phi) is 6.04. The number of hydrogen-bond acceptors (Lipinski definition) is 5. The van der Waals surface area contributed by atoms with Crippen molar-refractivity contribution in [3.63, 3.8) is 0 Å².